The number of rotatable bonds is 6. The van der Waals surface area contributed by atoms with E-state index in [2.05, 4.69) is 4.72 Å². The lowest BCUT2D eigenvalue weighted by Gasteiger charge is -2.14. The highest BCUT2D eigenvalue weighted by molar-refractivity contribution is 7.92. The Morgan fingerprint density at radius 3 is 2.09 bits per heavy atom. The van der Waals surface area contributed by atoms with Crippen molar-refractivity contribution in [1.82, 2.24) is 0 Å². The Morgan fingerprint density at radius 1 is 0.870 bits per heavy atom. The maximum atomic E-state index is 12.6. The van der Waals surface area contributed by atoms with Crippen molar-refractivity contribution in [2.45, 2.75) is 11.8 Å². The molecule has 6 nitrogen and oxygen atoms in total. The summed E-state index contributed by atoms with van der Waals surface area (Å²) in [7, 11) is 0.754. The van der Waals surface area contributed by atoms with Gasteiger partial charge in [0.1, 0.15) is 17.2 Å². The summed E-state index contributed by atoms with van der Waals surface area (Å²) in [6, 6.07) is 9.54. The fourth-order valence-electron chi connectivity index (χ4n) is 2.12. The van der Waals surface area contributed by atoms with E-state index in [0.717, 1.165) is 5.56 Å². The van der Waals surface area contributed by atoms with Gasteiger partial charge in [0.05, 0.1) is 31.9 Å². The van der Waals surface area contributed by atoms with E-state index in [1.165, 1.54) is 27.4 Å². The van der Waals surface area contributed by atoms with Crippen molar-refractivity contribution in [3.63, 3.8) is 0 Å². The van der Waals surface area contributed by atoms with Gasteiger partial charge >= 0.3 is 0 Å². The van der Waals surface area contributed by atoms with Crippen molar-refractivity contribution in [2.75, 3.05) is 26.1 Å². The Bertz CT molecular complexity index is 802. The first-order valence-electron chi connectivity index (χ1n) is 6.80. The SMILES string of the molecule is COc1ccc(OC)c(NS(=O)(=O)c2ccc(OC)c(C)c2)c1. The van der Waals surface area contributed by atoms with Crippen molar-refractivity contribution in [3.8, 4) is 17.2 Å². The van der Waals surface area contributed by atoms with Gasteiger partial charge in [0.25, 0.3) is 10.0 Å². The molecule has 0 atom stereocenters. The smallest absolute Gasteiger partial charge is 0.262 e. The second kappa shape index (κ2) is 6.78. The van der Waals surface area contributed by atoms with Crippen molar-refractivity contribution < 1.29 is 22.6 Å². The predicted molar refractivity (Wildman–Crippen MR) is 88.1 cm³/mol. The molecular formula is C16H19NO5S. The first-order chi connectivity index (χ1) is 10.9. The van der Waals surface area contributed by atoms with Crippen LogP contribution in [0.25, 0.3) is 0 Å². The number of sulfonamides is 1. The summed E-state index contributed by atoms with van der Waals surface area (Å²) in [5.74, 6) is 1.55. The molecule has 1 N–H and O–H groups in total. The van der Waals surface area contributed by atoms with Crippen LogP contribution in [0.5, 0.6) is 17.2 Å². The van der Waals surface area contributed by atoms with E-state index < -0.39 is 10.0 Å². The molecule has 0 saturated carbocycles. The summed E-state index contributed by atoms with van der Waals surface area (Å²) in [5, 5.41) is 0. The van der Waals surface area contributed by atoms with E-state index in [-0.39, 0.29) is 4.90 Å². The third-order valence-electron chi connectivity index (χ3n) is 3.33. The fraction of sp³-hybridized carbons (Fsp3) is 0.250. The van der Waals surface area contributed by atoms with E-state index in [9.17, 15) is 8.42 Å². The van der Waals surface area contributed by atoms with E-state index >= 15 is 0 Å². The molecule has 0 fully saturated rings. The number of nitrogens with one attached hydrogen (secondary N) is 1. The zero-order valence-corrected chi connectivity index (χ0v) is 14.2. The Morgan fingerprint density at radius 2 is 1.52 bits per heavy atom. The van der Waals surface area contributed by atoms with Gasteiger partial charge in [-0.1, -0.05) is 0 Å². The quantitative estimate of drug-likeness (QED) is 0.877. The van der Waals surface area contributed by atoms with Crippen LogP contribution in [0.4, 0.5) is 5.69 Å². The van der Waals surface area contributed by atoms with Gasteiger partial charge in [-0.05, 0) is 42.8 Å². The number of ether oxygens (including phenoxy) is 3. The lowest BCUT2D eigenvalue weighted by Crippen LogP contribution is -2.14. The zero-order valence-electron chi connectivity index (χ0n) is 13.4. The molecule has 7 heteroatoms. The van der Waals surface area contributed by atoms with Crippen LogP contribution in [0, 0.1) is 6.92 Å². The second-order valence-corrected chi connectivity index (χ2v) is 6.49. The number of aryl methyl sites for hydroxylation is 1. The molecule has 0 aliphatic carbocycles. The molecule has 0 aliphatic heterocycles. The van der Waals surface area contributed by atoms with Gasteiger partial charge in [0, 0.05) is 6.07 Å². The van der Waals surface area contributed by atoms with Crippen LogP contribution in [0.3, 0.4) is 0 Å². The molecule has 0 radical (unpaired) electrons. The molecule has 23 heavy (non-hydrogen) atoms. The summed E-state index contributed by atoms with van der Waals surface area (Å²) >= 11 is 0. The minimum atomic E-state index is -3.76. The first kappa shape index (κ1) is 17.0. The van der Waals surface area contributed by atoms with Crippen molar-refractivity contribution in [2.24, 2.45) is 0 Å². The maximum absolute atomic E-state index is 12.6. The zero-order chi connectivity index (χ0) is 17.0. The molecule has 124 valence electrons. The molecule has 2 rings (SSSR count). The molecule has 0 heterocycles. The van der Waals surface area contributed by atoms with Crippen LogP contribution in [-0.2, 0) is 10.0 Å². The van der Waals surface area contributed by atoms with Gasteiger partial charge in [0.15, 0.2) is 0 Å². The van der Waals surface area contributed by atoms with Gasteiger partial charge in [-0.25, -0.2) is 8.42 Å². The van der Waals surface area contributed by atoms with Crippen molar-refractivity contribution in [1.29, 1.82) is 0 Å². The Hall–Kier alpha value is -2.41. The maximum Gasteiger partial charge on any atom is 0.262 e. The average Bonchev–Trinajstić information content (AvgIpc) is 2.54. The van der Waals surface area contributed by atoms with Crippen LogP contribution in [0.2, 0.25) is 0 Å². The summed E-state index contributed by atoms with van der Waals surface area (Å²) in [6.45, 7) is 1.78. The van der Waals surface area contributed by atoms with Crippen LogP contribution in [0.1, 0.15) is 5.56 Å². The number of benzene rings is 2. The molecule has 0 unspecified atom stereocenters. The minimum absolute atomic E-state index is 0.140. The van der Waals surface area contributed by atoms with Gasteiger partial charge in [0.2, 0.25) is 0 Å². The third-order valence-corrected chi connectivity index (χ3v) is 4.69. The van der Waals surface area contributed by atoms with Crippen LogP contribution in [-0.4, -0.2) is 29.7 Å². The van der Waals surface area contributed by atoms with E-state index in [0.29, 0.717) is 22.9 Å². The minimum Gasteiger partial charge on any atom is -0.497 e. The Kier molecular flexibility index (Phi) is 5.00. The molecule has 0 saturated heterocycles. The molecule has 0 aliphatic rings. The highest BCUT2D eigenvalue weighted by Crippen LogP contribution is 2.31. The Balaban J connectivity index is 2.40. The molecule has 0 aromatic heterocycles. The molecular weight excluding hydrogens is 318 g/mol. The van der Waals surface area contributed by atoms with Crippen LogP contribution < -0.4 is 18.9 Å². The van der Waals surface area contributed by atoms with Gasteiger partial charge in [-0.2, -0.15) is 0 Å². The average molecular weight is 337 g/mol. The van der Waals surface area contributed by atoms with Gasteiger partial charge in [-0.15, -0.1) is 0 Å². The third kappa shape index (κ3) is 3.68. The largest absolute Gasteiger partial charge is 0.497 e. The van der Waals surface area contributed by atoms with E-state index in [1.807, 2.05) is 0 Å². The normalized spacial score (nSPS) is 11.0. The lowest BCUT2D eigenvalue weighted by molar-refractivity contribution is 0.405. The van der Waals surface area contributed by atoms with E-state index in [1.54, 1.807) is 37.3 Å². The lowest BCUT2D eigenvalue weighted by atomic mass is 10.2. The number of methoxy groups -OCH3 is 3. The fourth-order valence-corrected chi connectivity index (χ4v) is 3.26. The van der Waals surface area contributed by atoms with E-state index in [4.69, 9.17) is 14.2 Å². The summed E-state index contributed by atoms with van der Waals surface area (Å²) in [5.41, 5.74) is 1.04. The molecule has 2 aromatic carbocycles. The highest BCUT2D eigenvalue weighted by atomic mass is 32.2. The molecule has 2 aromatic rings. The molecule has 0 bridgehead atoms. The topological polar surface area (TPSA) is 73.9 Å². The molecule has 0 amide bonds. The number of hydrogen-bond donors (Lipinski definition) is 1. The predicted octanol–water partition coefficient (Wildman–Crippen LogP) is 2.82. The van der Waals surface area contributed by atoms with Crippen molar-refractivity contribution in [3.05, 3.63) is 42.0 Å². The number of hydrogen-bond acceptors (Lipinski definition) is 5. The second-order valence-electron chi connectivity index (χ2n) is 4.80. The standard InChI is InChI=1S/C16H19NO5S/c1-11-9-13(6-8-15(11)21-3)23(18,19)17-14-10-12(20-2)5-7-16(14)22-4/h5-10,17H,1-4H3. The molecule has 0 spiro atoms. The Labute approximate surface area is 136 Å². The number of anilines is 1. The van der Waals surface area contributed by atoms with Crippen molar-refractivity contribution >= 4 is 15.7 Å². The summed E-state index contributed by atoms with van der Waals surface area (Å²) in [4.78, 5) is 0.140. The highest BCUT2D eigenvalue weighted by Gasteiger charge is 2.18. The monoisotopic (exact) mass is 337 g/mol. The van der Waals surface area contributed by atoms with Crippen LogP contribution in [0.15, 0.2) is 41.3 Å². The summed E-state index contributed by atoms with van der Waals surface area (Å²) in [6.07, 6.45) is 0. The first-order valence-corrected chi connectivity index (χ1v) is 8.29. The van der Waals surface area contributed by atoms with Gasteiger partial charge in [-0.3, -0.25) is 4.72 Å². The van der Waals surface area contributed by atoms with Crippen LogP contribution >= 0.6 is 0 Å². The summed E-state index contributed by atoms with van der Waals surface area (Å²) < 4.78 is 43.1. The van der Waals surface area contributed by atoms with Gasteiger partial charge < -0.3 is 14.2 Å².